The summed E-state index contributed by atoms with van der Waals surface area (Å²) in [6, 6.07) is 0.549. The van der Waals surface area contributed by atoms with Gasteiger partial charge in [-0.3, -0.25) is 4.79 Å². The summed E-state index contributed by atoms with van der Waals surface area (Å²) in [7, 11) is 0. The molecule has 15 heavy (non-hydrogen) atoms. The molecule has 1 atom stereocenters. The van der Waals surface area contributed by atoms with Crippen LogP contribution in [-0.2, 0) is 4.79 Å². The van der Waals surface area contributed by atoms with Gasteiger partial charge in [0.2, 0.25) is 5.91 Å². The summed E-state index contributed by atoms with van der Waals surface area (Å²) in [6.45, 7) is 8.89. The molecule has 1 heterocycles. The Morgan fingerprint density at radius 3 is 2.73 bits per heavy atom. The van der Waals surface area contributed by atoms with Crippen molar-refractivity contribution in [3.63, 3.8) is 0 Å². The van der Waals surface area contributed by atoms with E-state index in [1.54, 1.807) is 0 Å². The van der Waals surface area contributed by atoms with Gasteiger partial charge in [-0.05, 0) is 33.7 Å². The second-order valence-electron chi connectivity index (χ2n) is 5.19. The van der Waals surface area contributed by atoms with E-state index in [1.165, 1.54) is 6.42 Å². The second kappa shape index (κ2) is 5.47. The Bertz CT molecular complexity index is 204. The zero-order valence-electron chi connectivity index (χ0n) is 10.0. The van der Waals surface area contributed by atoms with Gasteiger partial charge in [-0.2, -0.15) is 0 Å². The van der Waals surface area contributed by atoms with Gasteiger partial charge in [-0.25, -0.2) is 0 Å². The van der Waals surface area contributed by atoms with E-state index in [2.05, 4.69) is 16.0 Å². The molecule has 1 rings (SSSR count). The Morgan fingerprint density at radius 2 is 2.20 bits per heavy atom. The van der Waals surface area contributed by atoms with E-state index in [1.807, 2.05) is 20.8 Å². The minimum absolute atomic E-state index is 0.119. The Hall–Kier alpha value is -0.610. The van der Waals surface area contributed by atoms with Crippen molar-refractivity contribution in [2.24, 2.45) is 0 Å². The lowest BCUT2D eigenvalue weighted by molar-refractivity contribution is -0.122. The number of carbonyl (C=O) groups is 1. The maximum atomic E-state index is 11.5. The van der Waals surface area contributed by atoms with E-state index in [-0.39, 0.29) is 11.4 Å². The summed E-state index contributed by atoms with van der Waals surface area (Å²) >= 11 is 0. The van der Waals surface area contributed by atoms with Crippen molar-refractivity contribution in [2.75, 3.05) is 19.6 Å². The van der Waals surface area contributed by atoms with E-state index < -0.39 is 0 Å². The largest absolute Gasteiger partial charge is 0.351 e. The van der Waals surface area contributed by atoms with Crippen LogP contribution in [0.5, 0.6) is 0 Å². The molecule has 0 radical (unpaired) electrons. The zero-order chi connectivity index (χ0) is 11.3. The summed E-state index contributed by atoms with van der Waals surface area (Å²) in [6.07, 6.45) is 1.73. The van der Waals surface area contributed by atoms with Crippen LogP contribution in [0.4, 0.5) is 0 Å². The topological polar surface area (TPSA) is 53.2 Å². The van der Waals surface area contributed by atoms with Crippen LogP contribution in [0, 0.1) is 0 Å². The predicted molar refractivity (Wildman–Crippen MR) is 61.8 cm³/mol. The highest BCUT2D eigenvalue weighted by Gasteiger charge is 2.15. The Balaban J connectivity index is 2.06. The fraction of sp³-hybridized carbons (Fsp3) is 0.909. The Labute approximate surface area is 92.2 Å². The molecule has 0 aromatic rings. The fourth-order valence-electron chi connectivity index (χ4n) is 1.70. The molecule has 1 aliphatic heterocycles. The average Bonchev–Trinajstić information content (AvgIpc) is 2.53. The Kier molecular flexibility index (Phi) is 4.54. The molecule has 1 unspecified atom stereocenters. The van der Waals surface area contributed by atoms with Crippen LogP contribution in [0.1, 0.15) is 33.6 Å². The van der Waals surface area contributed by atoms with Crippen molar-refractivity contribution < 1.29 is 4.79 Å². The smallest absolute Gasteiger partial charge is 0.221 e. The van der Waals surface area contributed by atoms with Crippen molar-refractivity contribution in [1.82, 2.24) is 16.0 Å². The normalized spacial score (nSPS) is 21.7. The van der Waals surface area contributed by atoms with E-state index in [4.69, 9.17) is 0 Å². The van der Waals surface area contributed by atoms with Crippen LogP contribution in [-0.4, -0.2) is 37.1 Å². The average molecular weight is 213 g/mol. The lowest BCUT2D eigenvalue weighted by atomic mass is 10.1. The molecule has 4 heteroatoms. The van der Waals surface area contributed by atoms with Crippen molar-refractivity contribution in [3.05, 3.63) is 0 Å². The summed E-state index contributed by atoms with van der Waals surface area (Å²) < 4.78 is 0. The molecule has 3 N–H and O–H groups in total. The maximum absolute atomic E-state index is 11.5. The van der Waals surface area contributed by atoms with Crippen molar-refractivity contribution in [2.45, 2.75) is 45.2 Å². The number of rotatable bonds is 4. The number of carbonyl (C=O) groups excluding carboxylic acids is 1. The molecule has 0 aromatic carbocycles. The minimum atomic E-state index is -0.119. The molecule has 0 bridgehead atoms. The van der Waals surface area contributed by atoms with Crippen molar-refractivity contribution in [1.29, 1.82) is 0 Å². The molecule has 1 fully saturated rings. The number of hydrogen-bond donors (Lipinski definition) is 3. The number of hydrogen-bond acceptors (Lipinski definition) is 3. The minimum Gasteiger partial charge on any atom is -0.351 e. The van der Waals surface area contributed by atoms with Gasteiger partial charge in [0, 0.05) is 31.1 Å². The third kappa shape index (κ3) is 5.74. The van der Waals surface area contributed by atoms with Gasteiger partial charge < -0.3 is 16.0 Å². The quantitative estimate of drug-likeness (QED) is 0.627. The van der Waals surface area contributed by atoms with Gasteiger partial charge in [0.1, 0.15) is 0 Å². The lowest BCUT2D eigenvalue weighted by Crippen LogP contribution is -2.42. The second-order valence-corrected chi connectivity index (χ2v) is 5.19. The van der Waals surface area contributed by atoms with Gasteiger partial charge in [-0.15, -0.1) is 0 Å². The highest BCUT2D eigenvalue weighted by atomic mass is 16.1. The van der Waals surface area contributed by atoms with Crippen LogP contribution >= 0.6 is 0 Å². The standard InChI is InChI=1S/C11H23N3O/c1-11(2,3)14-10(15)5-7-13-9-4-6-12-8-9/h9,12-13H,4-8H2,1-3H3,(H,14,15). The molecule has 1 saturated heterocycles. The molecule has 88 valence electrons. The monoisotopic (exact) mass is 213 g/mol. The third-order valence-electron chi connectivity index (χ3n) is 2.36. The van der Waals surface area contributed by atoms with Gasteiger partial charge in [0.25, 0.3) is 0 Å². The molecule has 0 aliphatic carbocycles. The molecule has 0 aromatic heterocycles. The Morgan fingerprint density at radius 1 is 1.47 bits per heavy atom. The SMILES string of the molecule is CC(C)(C)NC(=O)CCNC1CCNC1. The van der Waals surface area contributed by atoms with E-state index in [0.29, 0.717) is 12.5 Å². The first kappa shape index (κ1) is 12.5. The molecular formula is C11H23N3O. The molecule has 1 amide bonds. The van der Waals surface area contributed by atoms with Gasteiger partial charge in [0.05, 0.1) is 0 Å². The van der Waals surface area contributed by atoms with Crippen LogP contribution in [0.3, 0.4) is 0 Å². The van der Waals surface area contributed by atoms with Gasteiger partial charge >= 0.3 is 0 Å². The predicted octanol–water partition coefficient (Wildman–Crippen LogP) is 0.243. The van der Waals surface area contributed by atoms with Crippen molar-refractivity contribution >= 4 is 5.91 Å². The molecule has 4 nitrogen and oxygen atoms in total. The third-order valence-corrected chi connectivity index (χ3v) is 2.36. The van der Waals surface area contributed by atoms with E-state index in [9.17, 15) is 4.79 Å². The maximum Gasteiger partial charge on any atom is 0.221 e. The lowest BCUT2D eigenvalue weighted by Gasteiger charge is -2.20. The summed E-state index contributed by atoms with van der Waals surface area (Å²) in [5, 5.41) is 9.61. The summed E-state index contributed by atoms with van der Waals surface area (Å²) in [5.41, 5.74) is -0.119. The number of amides is 1. The molecule has 0 saturated carbocycles. The summed E-state index contributed by atoms with van der Waals surface area (Å²) in [5.74, 6) is 0.126. The first-order valence-electron chi connectivity index (χ1n) is 5.72. The highest BCUT2D eigenvalue weighted by molar-refractivity contribution is 5.76. The first-order chi connectivity index (χ1) is 6.97. The molecule has 1 aliphatic rings. The van der Waals surface area contributed by atoms with Crippen molar-refractivity contribution in [3.8, 4) is 0 Å². The molecular weight excluding hydrogens is 190 g/mol. The fourth-order valence-corrected chi connectivity index (χ4v) is 1.70. The van der Waals surface area contributed by atoms with Crippen LogP contribution in [0.25, 0.3) is 0 Å². The first-order valence-corrected chi connectivity index (χ1v) is 5.72. The van der Waals surface area contributed by atoms with Crippen LogP contribution in [0.15, 0.2) is 0 Å². The van der Waals surface area contributed by atoms with Crippen LogP contribution < -0.4 is 16.0 Å². The van der Waals surface area contributed by atoms with Crippen LogP contribution in [0.2, 0.25) is 0 Å². The highest BCUT2D eigenvalue weighted by Crippen LogP contribution is 2.00. The van der Waals surface area contributed by atoms with E-state index >= 15 is 0 Å². The molecule has 0 spiro atoms. The number of nitrogens with one attached hydrogen (secondary N) is 3. The zero-order valence-corrected chi connectivity index (χ0v) is 10.0. The van der Waals surface area contributed by atoms with Gasteiger partial charge in [0.15, 0.2) is 0 Å². The summed E-state index contributed by atoms with van der Waals surface area (Å²) in [4.78, 5) is 11.5. The van der Waals surface area contributed by atoms with E-state index in [0.717, 1.165) is 19.6 Å². The van der Waals surface area contributed by atoms with Gasteiger partial charge in [-0.1, -0.05) is 0 Å².